The Labute approximate surface area is 196 Å². The summed E-state index contributed by atoms with van der Waals surface area (Å²) < 4.78 is 75.4. The second kappa shape index (κ2) is 12.7. The van der Waals surface area contributed by atoms with Crippen molar-refractivity contribution >= 4 is 33.7 Å². The molecule has 1 rings (SSSR count). The van der Waals surface area contributed by atoms with Gasteiger partial charge in [0.05, 0.1) is 24.0 Å². The molecule has 1 aromatic carbocycles. The number of hydrogen-bond acceptors (Lipinski definition) is 9. The standard InChI is InChI=1S/C18H21F3N4O9S/c1-33-16(27)13(24-35(31,32)12-8-6-11(7-9-12)25(29)30)4-3-5-14(18(19,20)21)23-15(26)10-22-17(28)34-2/h3,5-9,13-14,24H,4,10H2,1-2H3,(H,22,28)(H,23,26)/b5-3+/t13?,14-/m1/s1. The van der Waals surface area contributed by atoms with Gasteiger partial charge >= 0.3 is 18.2 Å². The van der Waals surface area contributed by atoms with Gasteiger partial charge in [0.15, 0.2) is 0 Å². The first-order valence-electron chi connectivity index (χ1n) is 9.40. The minimum atomic E-state index is -4.96. The summed E-state index contributed by atoms with van der Waals surface area (Å²) in [4.78, 5) is 44.1. The van der Waals surface area contributed by atoms with Gasteiger partial charge in [0.2, 0.25) is 15.9 Å². The fraction of sp³-hybridized carbons (Fsp3) is 0.389. The Morgan fingerprint density at radius 1 is 1.14 bits per heavy atom. The molecule has 13 nitrogen and oxygen atoms in total. The average molecular weight is 526 g/mol. The zero-order valence-corrected chi connectivity index (χ0v) is 19.0. The van der Waals surface area contributed by atoms with E-state index in [0.717, 1.165) is 44.6 Å². The molecule has 0 bridgehead atoms. The normalized spacial score (nSPS) is 13.5. The number of hydrogen-bond donors (Lipinski definition) is 3. The number of ether oxygens (including phenoxy) is 2. The van der Waals surface area contributed by atoms with Crippen LogP contribution in [0.2, 0.25) is 0 Å². The zero-order chi connectivity index (χ0) is 26.8. The quantitative estimate of drug-likeness (QED) is 0.162. The van der Waals surface area contributed by atoms with Crippen molar-refractivity contribution in [2.24, 2.45) is 0 Å². The first-order valence-corrected chi connectivity index (χ1v) is 10.9. The van der Waals surface area contributed by atoms with Crippen molar-refractivity contribution in [3.63, 3.8) is 0 Å². The molecule has 2 atom stereocenters. The van der Waals surface area contributed by atoms with Gasteiger partial charge in [-0.2, -0.15) is 17.9 Å². The maximum Gasteiger partial charge on any atom is 0.412 e. The number of nitrogens with zero attached hydrogens (tertiary/aromatic N) is 1. The molecule has 0 saturated heterocycles. The number of nitrogens with one attached hydrogen (secondary N) is 3. The highest BCUT2D eigenvalue weighted by Gasteiger charge is 2.39. The highest BCUT2D eigenvalue weighted by Crippen LogP contribution is 2.22. The van der Waals surface area contributed by atoms with E-state index >= 15 is 0 Å². The number of non-ortho nitro benzene ring substituents is 1. The van der Waals surface area contributed by atoms with Crippen molar-refractivity contribution < 1.29 is 50.4 Å². The predicted octanol–water partition coefficient (Wildman–Crippen LogP) is 0.764. The average Bonchev–Trinajstić information content (AvgIpc) is 2.79. The van der Waals surface area contributed by atoms with Crippen molar-refractivity contribution in [2.75, 3.05) is 20.8 Å². The molecule has 1 unspecified atom stereocenters. The van der Waals surface area contributed by atoms with Crippen LogP contribution < -0.4 is 15.4 Å². The molecule has 0 saturated carbocycles. The van der Waals surface area contributed by atoms with Gasteiger partial charge in [0.1, 0.15) is 18.6 Å². The predicted molar refractivity (Wildman–Crippen MR) is 111 cm³/mol. The number of benzene rings is 1. The highest BCUT2D eigenvalue weighted by molar-refractivity contribution is 7.89. The lowest BCUT2D eigenvalue weighted by Crippen LogP contribution is -2.47. The second-order valence-corrected chi connectivity index (χ2v) is 8.26. The number of nitro groups is 1. The molecule has 0 aliphatic carbocycles. The maximum atomic E-state index is 13.2. The Morgan fingerprint density at radius 2 is 1.74 bits per heavy atom. The van der Waals surface area contributed by atoms with Crippen molar-refractivity contribution in [1.82, 2.24) is 15.4 Å². The van der Waals surface area contributed by atoms with E-state index in [2.05, 4.69) is 9.47 Å². The Kier molecular flexibility index (Phi) is 10.6. The van der Waals surface area contributed by atoms with Gasteiger partial charge in [0.25, 0.3) is 5.69 Å². The van der Waals surface area contributed by atoms with E-state index in [1.54, 1.807) is 5.32 Å². The van der Waals surface area contributed by atoms with Crippen LogP contribution in [0, 0.1) is 10.1 Å². The summed E-state index contributed by atoms with van der Waals surface area (Å²) in [5.74, 6) is -2.33. The molecular formula is C18H21F3N4O9S. The van der Waals surface area contributed by atoms with E-state index < -0.39 is 74.7 Å². The van der Waals surface area contributed by atoms with Crippen LogP contribution in [-0.4, -0.2) is 70.3 Å². The first kappa shape index (κ1) is 29.3. The number of carbonyl (C=O) groups is 3. The van der Waals surface area contributed by atoms with Crippen LogP contribution in [-0.2, 0) is 29.1 Å². The highest BCUT2D eigenvalue weighted by atomic mass is 32.2. The Bertz CT molecular complexity index is 1060. The van der Waals surface area contributed by atoms with E-state index in [0.29, 0.717) is 6.08 Å². The molecule has 0 aromatic heterocycles. The number of alkyl halides is 3. The largest absolute Gasteiger partial charge is 0.468 e. The van der Waals surface area contributed by atoms with Gasteiger partial charge in [-0.15, -0.1) is 0 Å². The van der Waals surface area contributed by atoms with Crippen LogP contribution in [0.1, 0.15) is 6.42 Å². The molecule has 35 heavy (non-hydrogen) atoms. The number of carbonyl (C=O) groups excluding carboxylic acids is 3. The van der Waals surface area contributed by atoms with E-state index in [-0.39, 0.29) is 0 Å². The minimum Gasteiger partial charge on any atom is -0.468 e. The number of methoxy groups -OCH3 is 2. The molecule has 0 heterocycles. The number of rotatable bonds is 11. The third-order valence-corrected chi connectivity index (χ3v) is 5.58. The van der Waals surface area contributed by atoms with E-state index in [1.165, 1.54) is 0 Å². The lowest BCUT2D eigenvalue weighted by Gasteiger charge is -2.19. The van der Waals surface area contributed by atoms with Crippen LogP contribution in [0.5, 0.6) is 0 Å². The van der Waals surface area contributed by atoms with Crippen LogP contribution in [0.25, 0.3) is 0 Å². The maximum absolute atomic E-state index is 13.2. The second-order valence-electron chi connectivity index (χ2n) is 6.54. The van der Waals surface area contributed by atoms with E-state index in [4.69, 9.17) is 0 Å². The minimum absolute atomic E-state index is 0.390. The first-order chi connectivity index (χ1) is 16.2. The van der Waals surface area contributed by atoms with Crippen molar-refractivity contribution in [1.29, 1.82) is 0 Å². The number of esters is 1. The fourth-order valence-corrected chi connectivity index (χ4v) is 3.57. The summed E-state index contributed by atoms with van der Waals surface area (Å²) in [5.41, 5.74) is -0.390. The van der Waals surface area contributed by atoms with Crippen LogP contribution >= 0.6 is 0 Å². The number of halogens is 3. The molecular weight excluding hydrogens is 505 g/mol. The van der Waals surface area contributed by atoms with E-state index in [9.17, 15) is 46.1 Å². The molecule has 1 aromatic rings. The summed E-state index contributed by atoms with van der Waals surface area (Å²) >= 11 is 0. The lowest BCUT2D eigenvalue weighted by molar-refractivity contribution is -0.384. The third-order valence-electron chi connectivity index (χ3n) is 4.09. The SMILES string of the molecule is COC(=O)NCC(=O)N[C@H](/C=C/CC(NS(=O)(=O)c1ccc([N+](=O)[O-])cc1)C(=O)OC)C(F)(F)F. The van der Waals surface area contributed by atoms with Gasteiger partial charge in [-0.05, 0) is 18.6 Å². The van der Waals surface area contributed by atoms with Crippen molar-refractivity contribution in [2.45, 2.75) is 29.6 Å². The Hall–Kier alpha value is -3.73. The molecule has 0 spiro atoms. The molecule has 0 aliphatic rings. The third kappa shape index (κ3) is 9.57. The van der Waals surface area contributed by atoms with Crippen LogP contribution in [0.4, 0.5) is 23.7 Å². The molecule has 17 heteroatoms. The number of alkyl carbamates (subject to hydrolysis) is 1. The molecule has 2 amide bonds. The van der Waals surface area contributed by atoms with Gasteiger partial charge in [-0.25, -0.2) is 13.2 Å². The molecule has 0 fully saturated rings. The van der Waals surface area contributed by atoms with E-state index in [1.807, 2.05) is 10.0 Å². The number of nitro benzene ring substituents is 1. The summed E-state index contributed by atoms with van der Waals surface area (Å²) in [5, 5.41) is 14.2. The topological polar surface area (TPSA) is 183 Å². The summed E-state index contributed by atoms with van der Waals surface area (Å²) in [6, 6.07) is -0.564. The number of amides is 2. The van der Waals surface area contributed by atoms with Gasteiger partial charge < -0.3 is 20.1 Å². The number of sulfonamides is 1. The molecule has 0 radical (unpaired) electrons. The summed E-state index contributed by atoms with van der Waals surface area (Å²) in [6.45, 7) is -0.813. The smallest absolute Gasteiger partial charge is 0.412 e. The lowest BCUT2D eigenvalue weighted by atomic mass is 10.1. The molecule has 3 N–H and O–H groups in total. The van der Waals surface area contributed by atoms with Crippen molar-refractivity contribution in [3.05, 3.63) is 46.5 Å². The summed E-state index contributed by atoms with van der Waals surface area (Å²) in [7, 11) is -2.51. The Balaban J connectivity index is 2.97. The molecule has 194 valence electrons. The Morgan fingerprint density at radius 3 is 2.23 bits per heavy atom. The molecule has 0 aliphatic heterocycles. The fourth-order valence-electron chi connectivity index (χ4n) is 2.38. The van der Waals surface area contributed by atoms with Crippen LogP contribution in [0.3, 0.4) is 0 Å². The monoisotopic (exact) mass is 526 g/mol. The zero-order valence-electron chi connectivity index (χ0n) is 18.2. The van der Waals surface area contributed by atoms with Gasteiger partial charge in [0, 0.05) is 12.1 Å². The van der Waals surface area contributed by atoms with Crippen LogP contribution in [0.15, 0.2) is 41.3 Å². The van der Waals surface area contributed by atoms with Crippen molar-refractivity contribution in [3.8, 4) is 0 Å². The summed E-state index contributed by atoms with van der Waals surface area (Å²) in [6.07, 6.45) is -5.34. The van der Waals surface area contributed by atoms with Gasteiger partial charge in [-0.3, -0.25) is 19.7 Å². The van der Waals surface area contributed by atoms with Gasteiger partial charge in [-0.1, -0.05) is 12.2 Å².